The third-order valence-corrected chi connectivity index (χ3v) is 3.66. The van der Waals surface area contributed by atoms with Crippen molar-refractivity contribution in [1.29, 1.82) is 0 Å². The van der Waals surface area contributed by atoms with E-state index in [0.29, 0.717) is 11.8 Å². The largest absolute Gasteiger partial charge is 0.300 e. The molecule has 0 amide bonds. The molecule has 0 heterocycles. The monoisotopic (exact) mass is 281 g/mol. The molecular weight excluding hydrogens is 266 g/mol. The summed E-state index contributed by atoms with van der Waals surface area (Å²) < 4.78 is 1.11. The predicted octanol–water partition coefficient (Wildman–Crippen LogP) is 3.00. The number of carbonyl (C=O) groups excluding carboxylic acids is 1. The topological polar surface area (TPSA) is 20.3 Å². The maximum atomic E-state index is 11.2. The minimum atomic E-state index is 0.408. The summed E-state index contributed by atoms with van der Waals surface area (Å²) >= 11 is 3.47. The minimum absolute atomic E-state index is 0.408. The molecule has 1 unspecified atom stereocenters. The van der Waals surface area contributed by atoms with Gasteiger partial charge in [-0.25, -0.2) is 0 Å². The fraction of sp³-hybridized carbons (Fsp3) is 0.462. The Hall–Kier alpha value is -0.670. The minimum Gasteiger partial charge on any atom is -0.300 e. The van der Waals surface area contributed by atoms with Crippen molar-refractivity contribution in [3.63, 3.8) is 0 Å². The van der Waals surface area contributed by atoms with Crippen LogP contribution in [0.3, 0.4) is 0 Å². The SMILES string of the molecule is CN(Cc1cccc(Br)c1)C1CCC(=O)C1. The lowest BCUT2D eigenvalue weighted by molar-refractivity contribution is -0.117. The van der Waals surface area contributed by atoms with Crippen LogP contribution < -0.4 is 0 Å². The highest BCUT2D eigenvalue weighted by Crippen LogP contribution is 2.22. The van der Waals surface area contributed by atoms with Gasteiger partial charge in [-0.2, -0.15) is 0 Å². The van der Waals surface area contributed by atoms with E-state index in [2.05, 4.69) is 40.0 Å². The van der Waals surface area contributed by atoms with Crippen molar-refractivity contribution >= 4 is 21.7 Å². The van der Waals surface area contributed by atoms with Gasteiger partial charge in [-0.05, 0) is 31.2 Å². The van der Waals surface area contributed by atoms with E-state index in [4.69, 9.17) is 0 Å². The Bertz CT molecular complexity index is 391. The Labute approximate surface area is 105 Å². The number of hydrogen-bond acceptors (Lipinski definition) is 2. The first-order chi connectivity index (χ1) is 7.65. The van der Waals surface area contributed by atoms with Crippen molar-refractivity contribution in [1.82, 2.24) is 4.90 Å². The molecule has 86 valence electrons. The van der Waals surface area contributed by atoms with Gasteiger partial charge in [-0.1, -0.05) is 28.1 Å². The molecule has 1 aliphatic carbocycles. The highest BCUT2D eigenvalue weighted by Gasteiger charge is 2.25. The third kappa shape index (κ3) is 2.92. The van der Waals surface area contributed by atoms with E-state index in [1.165, 1.54) is 5.56 Å². The van der Waals surface area contributed by atoms with Crippen molar-refractivity contribution < 1.29 is 4.79 Å². The Morgan fingerprint density at radius 1 is 1.50 bits per heavy atom. The number of halogens is 1. The average molecular weight is 282 g/mol. The first-order valence-corrected chi connectivity index (χ1v) is 6.41. The van der Waals surface area contributed by atoms with Crippen LogP contribution in [0.25, 0.3) is 0 Å². The zero-order valence-electron chi connectivity index (χ0n) is 9.45. The van der Waals surface area contributed by atoms with Crippen molar-refractivity contribution in [2.75, 3.05) is 7.05 Å². The van der Waals surface area contributed by atoms with Gasteiger partial charge in [0.1, 0.15) is 5.78 Å². The van der Waals surface area contributed by atoms with Crippen LogP contribution in [0.4, 0.5) is 0 Å². The Morgan fingerprint density at radius 3 is 2.94 bits per heavy atom. The molecule has 0 saturated heterocycles. The fourth-order valence-corrected chi connectivity index (χ4v) is 2.67. The lowest BCUT2D eigenvalue weighted by Crippen LogP contribution is -2.29. The molecule has 1 atom stereocenters. The smallest absolute Gasteiger partial charge is 0.134 e. The fourth-order valence-electron chi connectivity index (χ4n) is 2.22. The van der Waals surface area contributed by atoms with Crippen LogP contribution in [0.2, 0.25) is 0 Å². The van der Waals surface area contributed by atoms with Crippen LogP contribution in [-0.2, 0) is 11.3 Å². The van der Waals surface area contributed by atoms with Gasteiger partial charge in [-0.15, -0.1) is 0 Å². The molecule has 1 fully saturated rings. The van der Waals surface area contributed by atoms with Crippen molar-refractivity contribution in [3.05, 3.63) is 34.3 Å². The second kappa shape index (κ2) is 5.11. The normalized spacial score (nSPS) is 20.7. The lowest BCUT2D eigenvalue weighted by Gasteiger charge is -2.23. The summed E-state index contributed by atoms with van der Waals surface area (Å²) in [5, 5.41) is 0. The van der Waals surface area contributed by atoms with Crippen LogP contribution in [-0.4, -0.2) is 23.8 Å². The molecular formula is C13H16BrNO. The molecule has 0 bridgehead atoms. The van der Waals surface area contributed by atoms with Gasteiger partial charge in [0.2, 0.25) is 0 Å². The van der Waals surface area contributed by atoms with E-state index in [0.717, 1.165) is 30.3 Å². The highest BCUT2D eigenvalue weighted by molar-refractivity contribution is 9.10. The summed E-state index contributed by atoms with van der Waals surface area (Å²) in [6, 6.07) is 8.77. The molecule has 3 heteroatoms. The predicted molar refractivity (Wildman–Crippen MR) is 68.3 cm³/mol. The van der Waals surface area contributed by atoms with Crippen molar-refractivity contribution in [2.45, 2.75) is 31.8 Å². The number of rotatable bonds is 3. The summed E-state index contributed by atoms with van der Waals surface area (Å²) in [4.78, 5) is 13.5. The molecule has 0 radical (unpaired) electrons. The van der Waals surface area contributed by atoms with E-state index in [9.17, 15) is 4.79 Å². The van der Waals surface area contributed by atoms with E-state index in [1.54, 1.807) is 0 Å². The number of ketones is 1. The number of nitrogens with zero attached hydrogens (tertiary/aromatic N) is 1. The zero-order valence-corrected chi connectivity index (χ0v) is 11.0. The Kier molecular flexibility index (Phi) is 3.77. The van der Waals surface area contributed by atoms with Gasteiger partial charge in [0.25, 0.3) is 0 Å². The molecule has 0 aliphatic heterocycles. The molecule has 1 aromatic carbocycles. The molecule has 0 spiro atoms. The van der Waals surface area contributed by atoms with Gasteiger partial charge in [-0.3, -0.25) is 9.69 Å². The number of benzene rings is 1. The summed E-state index contributed by atoms with van der Waals surface area (Å²) in [5.74, 6) is 0.408. The second-order valence-electron chi connectivity index (χ2n) is 4.48. The summed E-state index contributed by atoms with van der Waals surface area (Å²) in [6.07, 6.45) is 2.50. The maximum Gasteiger partial charge on any atom is 0.134 e. The molecule has 16 heavy (non-hydrogen) atoms. The first-order valence-electron chi connectivity index (χ1n) is 5.61. The molecule has 2 nitrogen and oxygen atoms in total. The summed E-state index contributed by atoms with van der Waals surface area (Å²) in [7, 11) is 2.10. The third-order valence-electron chi connectivity index (χ3n) is 3.16. The molecule has 0 N–H and O–H groups in total. The molecule has 1 aromatic rings. The van der Waals surface area contributed by atoms with Crippen LogP contribution >= 0.6 is 15.9 Å². The quantitative estimate of drug-likeness (QED) is 0.849. The van der Waals surface area contributed by atoms with Gasteiger partial charge in [0.15, 0.2) is 0 Å². The zero-order chi connectivity index (χ0) is 11.5. The second-order valence-corrected chi connectivity index (χ2v) is 5.40. The highest BCUT2D eigenvalue weighted by atomic mass is 79.9. The van der Waals surface area contributed by atoms with Crippen LogP contribution in [0.15, 0.2) is 28.7 Å². The summed E-state index contributed by atoms with van der Waals surface area (Å²) in [6.45, 7) is 0.914. The van der Waals surface area contributed by atoms with E-state index in [-0.39, 0.29) is 0 Å². The first kappa shape index (κ1) is 11.8. The number of carbonyl (C=O) groups is 1. The van der Waals surface area contributed by atoms with Gasteiger partial charge in [0, 0.05) is 29.9 Å². The standard InChI is InChI=1S/C13H16BrNO/c1-15(12-5-6-13(16)8-12)9-10-3-2-4-11(14)7-10/h2-4,7,12H,5-6,8-9H2,1H3. The van der Waals surface area contributed by atoms with Crippen LogP contribution in [0.1, 0.15) is 24.8 Å². The van der Waals surface area contributed by atoms with Gasteiger partial charge >= 0.3 is 0 Å². The number of hydrogen-bond donors (Lipinski definition) is 0. The van der Waals surface area contributed by atoms with Crippen LogP contribution in [0, 0.1) is 0 Å². The lowest BCUT2D eigenvalue weighted by atomic mass is 10.1. The molecule has 1 aliphatic rings. The Balaban J connectivity index is 1.96. The van der Waals surface area contributed by atoms with Crippen molar-refractivity contribution in [2.24, 2.45) is 0 Å². The molecule has 0 aromatic heterocycles. The van der Waals surface area contributed by atoms with E-state index in [1.807, 2.05) is 12.1 Å². The van der Waals surface area contributed by atoms with Crippen LogP contribution in [0.5, 0.6) is 0 Å². The maximum absolute atomic E-state index is 11.2. The molecule has 1 saturated carbocycles. The van der Waals surface area contributed by atoms with Crippen molar-refractivity contribution in [3.8, 4) is 0 Å². The van der Waals surface area contributed by atoms with Gasteiger partial charge < -0.3 is 0 Å². The van der Waals surface area contributed by atoms with Gasteiger partial charge in [0.05, 0.1) is 0 Å². The van der Waals surface area contributed by atoms with E-state index < -0.39 is 0 Å². The number of Topliss-reactive ketones (excluding diaryl/α,β-unsaturated/α-hetero) is 1. The van der Waals surface area contributed by atoms with E-state index >= 15 is 0 Å². The molecule has 2 rings (SSSR count). The average Bonchev–Trinajstić information content (AvgIpc) is 2.65. The summed E-state index contributed by atoms with van der Waals surface area (Å²) in [5.41, 5.74) is 1.29. The Morgan fingerprint density at radius 2 is 2.31 bits per heavy atom.